The van der Waals surface area contributed by atoms with Crippen molar-refractivity contribution >= 4 is 29.1 Å². The third-order valence-electron chi connectivity index (χ3n) is 5.88. The molecule has 0 fully saturated rings. The van der Waals surface area contributed by atoms with Crippen LogP contribution in [0.25, 0.3) is 0 Å². The van der Waals surface area contributed by atoms with E-state index >= 15 is 0 Å². The van der Waals surface area contributed by atoms with Crippen molar-refractivity contribution in [2.24, 2.45) is 16.6 Å². The topological polar surface area (TPSA) is 240 Å². The number of primary amides is 1. The predicted octanol–water partition coefficient (Wildman–Crippen LogP) is -2.86. The average molecular weight is 540 g/mol. The van der Waals surface area contributed by atoms with Crippen molar-refractivity contribution in [3.8, 4) is 0 Å². The van der Waals surface area contributed by atoms with E-state index in [4.69, 9.17) is 15.9 Å². The minimum atomic E-state index is -1.86. The summed E-state index contributed by atoms with van der Waals surface area (Å²) in [5.74, 6) is -3.49. The summed E-state index contributed by atoms with van der Waals surface area (Å²) in [5, 5.41) is 59.3. The van der Waals surface area contributed by atoms with Crippen LogP contribution >= 0.6 is 0 Å². The molecule has 1 rings (SSSR count). The van der Waals surface area contributed by atoms with Crippen LogP contribution in [-0.2, 0) is 32.2 Å². The van der Waals surface area contributed by atoms with Crippen LogP contribution in [0.4, 0.5) is 0 Å². The molecule has 0 heterocycles. The van der Waals surface area contributed by atoms with Gasteiger partial charge in [0.1, 0.15) is 24.4 Å². The maximum absolute atomic E-state index is 12.8. The summed E-state index contributed by atoms with van der Waals surface area (Å²) in [5.41, 5.74) is 6.09. The Kier molecular flexibility index (Phi) is 13.9. The first-order valence-electron chi connectivity index (χ1n) is 12.0. The summed E-state index contributed by atoms with van der Waals surface area (Å²) < 4.78 is 0. The molecule has 0 spiro atoms. The fourth-order valence-electron chi connectivity index (χ4n) is 3.46. The molecule has 1 aromatic carbocycles. The van der Waals surface area contributed by atoms with Gasteiger partial charge in [-0.05, 0) is 18.1 Å². The van der Waals surface area contributed by atoms with Crippen LogP contribution < -0.4 is 11.1 Å². The highest BCUT2D eigenvalue weighted by Gasteiger charge is 2.30. The Hall–Kier alpha value is -3.07. The van der Waals surface area contributed by atoms with Gasteiger partial charge in [-0.25, -0.2) is 0 Å². The molecular weight excluding hydrogens is 502 g/mol. The minimum Gasteiger partial charge on any atom is -0.394 e. The maximum atomic E-state index is 12.8. The first-order chi connectivity index (χ1) is 17.8. The van der Waals surface area contributed by atoms with E-state index in [2.05, 4.69) is 10.3 Å². The van der Waals surface area contributed by atoms with Crippen LogP contribution in [0.15, 0.2) is 29.3 Å². The lowest BCUT2D eigenvalue weighted by atomic mass is 9.97. The largest absolute Gasteiger partial charge is 0.394 e. The fourth-order valence-corrected chi connectivity index (χ4v) is 3.46. The van der Waals surface area contributed by atoms with Gasteiger partial charge in [0.25, 0.3) is 0 Å². The van der Waals surface area contributed by atoms with E-state index in [0.717, 1.165) is 0 Å². The Morgan fingerprint density at radius 2 is 1.50 bits per heavy atom. The lowest BCUT2D eigenvalue weighted by Gasteiger charge is -2.23. The number of aliphatic hydroxyl groups is 6. The number of amides is 2. The van der Waals surface area contributed by atoms with E-state index in [-0.39, 0.29) is 19.4 Å². The van der Waals surface area contributed by atoms with Crippen LogP contribution in [0, 0.1) is 5.92 Å². The standard InChI is InChI=1S/C25H37N3O10/c1-13(7-19(32)14(2)27-18(11-30)23(36)24(37)21(34)12-31)25(38)28-17(9-22(26)35)20(33)8-15-3-5-16(10-29)6-4-15/h3-6,13-14,17,21,23-24,29-31,34,36-37H,7-12H2,1-2H3,(H2,26,35)(H,28,38). The zero-order chi connectivity index (χ0) is 29.0. The van der Waals surface area contributed by atoms with Gasteiger partial charge in [0.2, 0.25) is 11.8 Å². The molecule has 2 amide bonds. The second kappa shape index (κ2) is 16.0. The molecule has 38 heavy (non-hydrogen) atoms. The Balaban J connectivity index is 2.85. The molecule has 0 aliphatic heterocycles. The molecule has 0 aliphatic carbocycles. The number of nitrogens with one attached hydrogen (secondary N) is 1. The zero-order valence-electron chi connectivity index (χ0n) is 21.4. The predicted molar refractivity (Wildman–Crippen MR) is 135 cm³/mol. The van der Waals surface area contributed by atoms with Gasteiger partial charge in [-0.15, -0.1) is 0 Å². The van der Waals surface area contributed by atoms with Gasteiger partial charge in [-0.3, -0.25) is 24.2 Å². The zero-order valence-corrected chi connectivity index (χ0v) is 21.4. The molecule has 13 nitrogen and oxygen atoms in total. The summed E-state index contributed by atoms with van der Waals surface area (Å²) in [6, 6.07) is 4.18. The van der Waals surface area contributed by atoms with Gasteiger partial charge in [0, 0.05) is 18.8 Å². The Labute approximate surface area is 220 Å². The number of hydrogen-bond acceptors (Lipinski definition) is 11. The van der Waals surface area contributed by atoms with Crippen molar-refractivity contribution in [1.82, 2.24) is 5.32 Å². The van der Waals surface area contributed by atoms with Crippen molar-refractivity contribution in [2.75, 3.05) is 13.2 Å². The number of carbonyl (C=O) groups is 4. The van der Waals surface area contributed by atoms with Gasteiger partial charge in [0.15, 0.2) is 11.6 Å². The molecule has 13 heteroatoms. The van der Waals surface area contributed by atoms with E-state index in [1.807, 2.05) is 0 Å². The van der Waals surface area contributed by atoms with E-state index < -0.39 is 85.0 Å². The van der Waals surface area contributed by atoms with Crippen molar-refractivity contribution in [1.29, 1.82) is 0 Å². The number of benzene rings is 1. The molecular formula is C25H37N3O10. The smallest absolute Gasteiger partial charge is 0.223 e. The number of ketones is 2. The molecule has 1 aromatic rings. The van der Waals surface area contributed by atoms with Crippen LogP contribution in [0.2, 0.25) is 0 Å². The summed E-state index contributed by atoms with van der Waals surface area (Å²) in [6.07, 6.45) is -6.30. The van der Waals surface area contributed by atoms with Crippen LogP contribution in [0.1, 0.15) is 37.8 Å². The number of carbonyl (C=O) groups excluding carboxylic acids is 4. The first-order valence-corrected chi connectivity index (χ1v) is 12.0. The van der Waals surface area contributed by atoms with Crippen molar-refractivity contribution in [2.45, 2.75) is 70.1 Å². The average Bonchev–Trinajstić information content (AvgIpc) is 2.89. The van der Waals surface area contributed by atoms with Gasteiger partial charge in [-0.1, -0.05) is 31.2 Å². The van der Waals surface area contributed by atoms with Gasteiger partial charge >= 0.3 is 0 Å². The molecule has 6 unspecified atom stereocenters. The SMILES string of the molecule is CC(CC(=O)C(C)N=C(CO)C(O)C(O)C(O)CO)C(=O)NC(CC(N)=O)C(=O)Cc1ccc(CO)cc1. The van der Waals surface area contributed by atoms with E-state index in [1.165, 1.54) is 13.8 Å². The minimum absolute atomic E-state index is 0.105. The van der Waals surface area contributed by atoms with E-state index in [0.29, 0.717) is 11.1 Å². The molecule has 0 radical (unpaired) electrons. The highest BCUT2D eigenvalue weighted by molar-refractivity contribution is 5.97. The normalized spacial score (nSPS) is 16.6. The van der Waals surface area contributed by atoms with Gasteiger partial charge in [0.05, 0.1) is 38.0 Å². The molecule has 0 saturated heterocycles. The Morgan fingerprint density at radius 3 is 2.00 bits per heavy atom. The quantitative estimate of drug-likeness (QED) is 0.0942. The number of aliphatic hydroxyl groups excluding tert-OH is 6. The summed E-state index contributed by atoms with van der Waals surface area (Å²) in [4.78, 5) is 53.5. The second-order valence-corrected chi connectivity index (χ2v) is 9.06. The van der Waals surface area contributed by atoms with Gasteiger partial charge in [-0.2, -0.15) is 0 Å². The third-order valence-corrected chi connectivity index (χ3v) is 5.88. The van der Waals surface area contributed by atoms with E-state index in [9.17, 15) is 39.6 Å². The number of rotatable bonds is 17. The molecule has 0 aliphatic rings. The number of aliphatic imine (C=N–C) groups is 1. The van der Waals surface area contributed by atoms with Gasteiger partial charge < -0.3 is 41.7 Å². The number of nitrogens with two attached hydrogens (primary N) is 1. The first kappa shape index (κ1) is 33.0. The van der Waals surface area contributed by atoms with E-state index in [1.54, 1.807) is 24.3 Å². The maximum Gasteiger partial charge on any atom is 0.223 e. The van der Waals surface area contributed by atoms with Crippen LogP contribution in [-0.4, -0.2) is 103 Å². The number of nitrogens with zero attached hydrogens (tertiary/aromatic N) is 1. The molecule has 6 atom stereocenters. The molecule has 0 aromatic heterocycles. The lowest BCUT2D eigenvalue weighted by Crippen LogP contribution is -2.46. The van der Waals surface area contributed by atoms with Crippen molar-refractivity contribution in [3.63, 3.8) is 0 Å². The fraction of sp³-hybridized carbons (Fsp3) is 0.560. The summed E-state index contributed by atoms with van der Waals surface area (Å²) in [7, 11) is 0. The number of Topliss-reactive ketones (excluding diaryl/α,β-unsaturated/α-hetero) is 2. The second-order valence-electron chi connectivity index (χ2n) is 9.06. The monoisotopic (exact) mass is 539 g/mol. The highest BCUT2D eigenvalue weighted by Crippen LogP contribution is 2.12. The molecule has 0 bridgehead atoms. The third kappa shape index (κ3) is 10.4. The highest BCUT2D eigenvalue weighted by atomic mass is 16.4. The Bertz CT molecular complexity index is 982. The van der Waals surface area contributed by atoms with Crippen molar-refractivity contribution in [3.05, 3.63) is 35.4 Å². The number of hydrogen-bond donors (Lipinski definition) is 8. The van der Waals surface area contributed by atoms with Crippen LogP contribution in [0.3, 0.4) is 0 Å². The molecule has 0 saturated carbocycles. The summed E-state index contributed by atoms with van der Waals surface area (Å²) >= 11 is 0. The Morgan fingerprint density at radius 1 is 0.921 bits per heavy atom. The molecule has 212 valence electrons. The van der Waals surface area contributed by atoms with Crippen molar-refractivity contribution < 1.29 is 49.8 Å². The summed E-state index contributed by atoms with van der Waals surface area (Å²) in [6.45, 7) is 0.903. The van der Waals surface area contributed by atoms with Crippen LogP contribution in [0.5, 0.6) is 0 Å². The lowest BCUT2D eigenvalue weighted by molar-refractivity contribution is -0.133. The molecule has 9 N–H and O–H groups in total.